The van der Waals surface area contributed by atoms with E-state index in [2.05, 4.69) is 10.1 Å². The molecule has 0 aliphatic heterocycles. The normalized spacial score (nSPS) is 12.1. The van der Waals surface area contributed by atoms with Crippen molar-refractivity contribution in [3.05, 3.63) is 75.8 Å². The van der Waals surface area contributed by atoms with E-state index in [1.54, 1.807) is 29.2 Å². The summed E-state index contributed by atoms with van der Waals surface area (Å²) in [6, 6.07) is 14.0. The SMILES string of the molecule is CCC(C(=O)N(CC)c1cccc(C)c1)n1cnc2onc(-c3ccc(Cl)cc3)c2c1=O. The van der Waals surface area contributed by atoms with E-state index in [0.29, 0.717) is 29.2 Å². The highest BCUT2D eigenvalue weighted by molar-refractivity contribution is 6.30. The van der Waals surface area contributed by atoms with Crippen LogP contribution in [-0.4, -0.2) is 27.2 Å². The standard InChI is InChI=1S/C24H23ClN4O3/c1-4-19(23(30)28(5-2)18-8-6-7-15(3)13-18)29-14-26-22-20(24(29)31)21(27-32-22)16-9-11-17(25)12-10-16/h6-14,19H,4-5H2,1-3H3. The van der Waals surface area contributed by atoms with Crippen LogP contribution in [0.15, 0.2) is 64.2 Å². The van der Waals surface area contributed by atoms with Crippen molar-refractivity contribution in [1.29, 1.82) is 0 Å². The molecule has 2 heterocycles. The molecule has 7 nitrogen and oxygen atoms in total. The first-order chi connectivity index (χ1) is 15.4. The third-order valence-electron chi connectivity index (χ3n) is 5.44. The lowest BCUT2D eigenvalue weighted by atomic mass is 10.1. The molecule has 0 spiro atoms. The monoisotopic (exact) mass is 450 g/mol. The molecule has 0 bridgehead atoms. The van der Waals surface area contributed by atoms with Crippen LogP contribution in [0.25, 0.3) is 22.4 Å². The Kier molecular flexibility index (Phi) is 6.10. The van der Waals surface area contributed by atoms with Crippen LogP contribution in [0.1, 0.15) is 31.9 Å². The van der Waals surface area contributed by atoms with E-state index in [-0.39, 0.29) is 22.6 Å². The zero-order chi connectivity index (χ0) is 22.8. The minimum Gasteiger partial charge on any atom is -0.335 e. The number of aromatic nitrogens is 3. The summed E-state index contributed by atoms with van der Waals surface area (Å²) < 4.78 is 6.67. The van der Waals surface area contributed by atoms with Crippen LogP contribution < -0.4 is 10.5 Å². The number of benzene rings is 2. The van der Waals surface area contributed by atoms with E-state index in [0.717, 1.165) is 11.3 Å². The molecule has 0 aliphatic carbocycles. The third kappa shape index (κ3) is 3.91. The summed E-state index contributed by atoms with van der Waals surface area (Å²) in [5.74, 6) is -0.173. The summed E-state index contributed by atoms with van der Waals surface area (Å²) >= 11 is 5.98. The molecule has 0 fully saturated rings. The van der Waals surface area contributed by atoms with E-state index in [9.17, 15) is 9.59 Å². The van der Waals surface area contributed by atoms with Gasteiger partial charge in [0.15, 0.2) is 0 Å². The largest absolute Gasteiger partial charge is 0.335 e. The van der Waals surface area contributed by atoms with Crippen LogP contribution in [0, 0.1) is 6.92 Å². The minimum absolute atomic E-state index is 0.129. The maximum atomic E-state index is 13.5. The molecule has 32 heavy (non-hydrogen) atoms. The predicted molar refractivity (Wildman–Crippen MR) is 125 cm³/mol. The molecule has 1 unspecified atom stereocenters. The first kappa shape index (κ1) is 21.8. The number of fused-ring (bicyclic) bond motifs is 1. The van der Waals surface area contributed by atoms with Gasteiger partial charge < -0.3 is 9.42 Å². The number of hydrogen-bond acceptors (Lipinski definition) is 5. The number of aryl methyl sites for hydroxylation is 1. The number of nitrogens with zero attached hydrogens (tertiary/aromatic N) is 4. The Labute approximate surface area is 190 Å². The molecule has 4 rings (SSSR count). The van der Waals surface area contributed by atoms with E-state index in [4.69, 9.17) is 16.1 Å². The fourth-order valence-electron chi connectivity index (χ4n) is 3.82. The second kappa shape index (κ2) is 8.96. The van der Waals surface area contributed by atoms with Gasteiger partial charge in [-0.3, -0.25) is 14.2 Å². The van der Waals surface area contributed by atoms with Crippen LogP contribution in [0.4, 0.5) is 5.69 Å². The topological polar surface area (TPSA) is 81.2 Å². The zero-order valence-electron chi connectivity index (χ0n) is 18.1. The number of rotatable bonds is 6. The molecule has 2 aromatic carbocycles. The van der Waals surface area contributed by atoms with Gasteiger partial charge in [-0.1, -0.05) is 47.9 Å². The van der Waals surface area contributed by atoms with Crippen molar-refractivity contribution in [2.75, 3.05) is 11.4 Å². The molecule has 0 N–H and O–H groups in total. The summed E-state index contributed by atoms with van der Waals surface area (Å²) in [6.07, 6.45) is 1.79. The molecule has 0 saturated carbocycles. The van der Waals surface area contributed by atoms with Crippen LogP contribution in [-0.2, 0) is 4.79 Å². The Morgan fingerprint density at radius 2 is 1.94 bits per heavy atom. The molecule has 0 saturated heterocycles. The van der Waals surface area contributed by atoms with Gasteiger partial charge in [0, 0.05) is 22.8 Å². The highest BCUT2D eigenvalue weighted by atomic mass is 35.5. The summed E-state index contributed by atoms with van der Waals surface area (Å²) in [7, 11) is 0. The van der Waals surface area contributed by atoms with Crippen molar-refractivity contribution in [3.8, 4) is 11.3 Å². The second-order valence-corrected chi connectivity index (χ2v) is 7.96. The van der Waals surface area contributed by atoms with E-state index in [1.807, 2.05) is 45.0 Å². The zero-order valence-corrected chi connectivity index (χ0v) is 18.8. The van der Waals surface area contributed by atoms with Crippen LogP contribution in [0.5, 0.6) is 0 Å². The Hall–Kier alpha value is -3.45. The lowest BCUT2D eigenvalue weighted by Crippen LogP contribution is -2.40. The average molecular weight is 451 g/mol. The Morgan fingerprint density at radius 3 is 2.59 bits per heavy atom. The molecule has 4 aromatic rings. The summed E-state index contributed by atoms with van der Waals surface area (Å²) in [5, 5.41) is 4.86. The Balaban J connectivity index is 1.79. The van der Waals surface area contributed by atoms with Gasteiger partial charge in [-0.15, -0.1) is 0 Å². The van der Waals surface area contributed by atoms with Gasteiger partial charge in [0.05, 0.1) is 0 Å². The fourth-order valence-corrected chi connectivity index (χ4v) is 3.94. The number of halogens is 1. The number of anilines is 1. The number of carbonyl (C=O) groups excluding carboxylic acids is 1. The molecule has 0 radical (unpaired) electrons. The van der Waals surface area contributed by atoms with Crippen molar-refractivity contribution >= 4 is 34.3 Å². The molecule has 8 heteroatoms. The second-order valence-electron chi connectivity index (χ2n) is 7.52. The van der Waals surface area contributed by atoms with Crippen LogP contribution in [0.3, 0.4) is 0 Å². The van der Waals surface area contributed by atoms with Crippen molar-refractivity contribution in [2.24, 2.45) is 0 Å². The lowest BCUT2D eigenvalue weighted by Gasteiger charge is -2.27. The van der Waals surface area contributed by atoms with Gasteiger partial charge in [0.2, 0.25) is 5.91 Å². The summed E-state index contributed by atoms with van der Waals surface area (Å²) in [5.41, 5.74) is 2.66. The first-order valence-electron chi connectivity index (χ1n) is 10.4. The molecule has 1 amide bonds. The molecule has 0 aliphatic rings. The van der Waals surface area contributed by atoms with Gasteiger partial charge in [-0.05, 0) is 50.1 Å². The van der Waals surface area contributed by atoms with Crippen molar-refractivity contribution < 1.29 is 9.32 Å². The average Bonchev–Trinajstić information content (AvgIpc) is 3.22. The highest BCUT2D eigenvalue weighted by Crippen LogP contribution is 2.27. The quantitative estimate of drug-likeness (QED) is 0.412. The molecule has 164 valence electrons. The predicted octanol–water partition coefficient (Wildman–Crippen LogP) is 5.02. The fraction of sp³-hybridized carbons (Fsp3) is 0.250. The van der Waals surface area contributed by atoms with Gasteiger partial charge in [-0.2, -0.15) is 0 Å². The lowest BCUT2D eigenvalue weighted by molar-refractivity contribution is -0.121. The van der Waals surface area contributed by atoms with E-state index >= 15 is 0 Å². The van der Waals surface area contributed by atoms with Gasteiger partial charge >= 0.3 is 0 Å². The number of likely N-dealkylation sites (N-methyl/N-ethyl adjacent to an activating group) is 1. The number of hydrogen-bond donors (Lipinski definition) is 0. The number of amides is 1. The highest BCUT2D eigenvalue weighted by Gasteiger charge is 2.28. The minimum atomic E-state index is -0.715. The van der Waals surface area contributed by atoms with Gasteiger partial charge in [0.25, 0.3) is 11.3 Å². The molecule has 2 aromatic heterocycles. The van der Waals surface area contributed by atoms with Gasteiger partial charge in [0.1, 0.15) is 23.4 Å². The van der Waals surface area contributed by atoms with E-state index in [1.165, 1.54) is 10.9 Å². The van der Waals surface area contributed by atoms with Crippen LogP contribution >= 0.6 is 11.6 Å². The Morgan fingerprint density at radius 1 is 1.19 bits per heavy atom. The summed E-state index contributed by atoms with van der Waals surface area (Å²) in [4.78, 5) is 33.0. The third-order valence-corrected chi connectivity index (χ3v) is 5.69. The number of carbonyl (C=O) groups is 1. The van der Waals surface area contributed by atoms with E-state index < -0.39 is 6.04 Å². The van der Waals surface area contributed by atoms with Crippen molar-refractivity contribution in [3.63, 3.8) is 0 Å². The maximum Gasteiger partial charge on any atom is 0.267 e. The van der Waals surface area contributed by atoms with Crippen molar-refractivity contribution in [1.82, 2.24) is 14.7 Å². The van der Waals surface area contributed by atoms with Crippen LogP contribution in [0.2, 0.25) is 5.02 Å². The van der Waals surface area contributed by atoms with Crippen molar-refractivity contribution in [2.45, 2.75) is 33.2 Å². The molecular formula is C24H23ClN4O3. The molecule has 1 atom stereocenters. The molecular weight excluding hydrogens is 428 g/mol. The first-order valence-corrected chi connectivity index (χ1v) is 10.8. The summed E-state index contributed by atoms with van der Waals surface area (Å²) in [6.45, 7) is 6.24. The Bertz CT molecular complexity index is 1330. The maximum absolute atomic E-state index is 13.5. The smallest absolute Gasteiger partial charge is 0.267 e. The van der Waals surface area contributed by atoms with Gasteiger partial charge in [-0.25, -0.2) is 4.98 Å².